The lowest BCUT2D eigenvalue weighted by Crippen LogP contribution is -2.38. The third-order valence-electron chi connectivity index (χ3n) is 4.39. The summed E-state index contributed by atoms with van der Waals surface area (Å²) < 4.78 is 13.7. The van der Waals surface area contributed by atoms with E-state index in [9.17, 15) is 14.0 Å². The molecule has 1 aliphatic rings. The highest BCUT2D eigenvalue weighted by molar-refractivity contribution is 5.96. The lowest BCUT2D eigenvalue weighted by Gasteiger charge is -2.18. The Morgan fingerprint density at radius 1 is 1.22 bits per heavy atom. The van der Waals surface area contributed by atoms with Gasteiger partial charge in [-0.05, 0) is 31.0 Å². The van der Waals surface area contributed by atoms with Crippen molar-refractivity contribution < 1.29 is 14.0 Å². The summed E-state index contributed by atoms with van der Waals surface area (Å²) in [5, 5.41) is 2.73. The Labute approximate surface area is 157 Å². The average molecular weight is 371 g/mol. The number of aromatic nitrogens is 2. The normalized spacial score (nSPS) is 13.5. The molecule has 1 aromatic carbocycles. The summed E-state index contributed by atoms with van der Waals surface area (Å²) >= 11 is 0. The summed E-state index contributed by atoms with van der Waals surface area (Å²) in [5.41, 5.74) is 0.641. The van der Waals surface area contributed by atoms with Crippen LogP contribution < -0.4 is 10.2 Å². The third-order valence-corrected chi connectivity index (χ3v) is 4.39. The monoisotopic (exact) mass is 371 g/mol. The first-order valence-electron chi connectivity index (χ1n) is 8.88. The Bertz CT molecular complexity index is 823. The molecule has 2 amide bonds. The van der Waals surface area contributed by atoms with Crippen LogP contribution in [0.4, 0.5) is 10.3 Å². The first-order chi connectivity index (χ1) is 13.0. The first-order valence-corrected chi connectivity index (χ1v) is 8.88. The molecule has 0 bridgehead atoms. The van der Waals surface area contributed by atoms with E-state index in [1.54, 1.807) is 18.3 Å². The lowest BCUT2D eigenvalue weighted by molar-refractivity contribution is -0.121. The Morgan fingerprint density at radius 3 is 2.70 bits per heavy atom. The van der Waals surface area contributed by atoms with E-state index in [4.69, 9.17) is 0 Å². The van der Waals surface area contributed by atoms with Gasteiger partial charge in [-0.3, -0.25) is 9.59 Å². The number of nitrogens with one attached hydrogen (secondary N) is 1. The summed E-state index contributed by atoms with van der Waals surface area (Å²) in [6.45, 7) is 1.96. The van der Waals surface area contributed by atoms with Crippen LogP contribution in [-0.2, 0) is 11.3 Å². The second-order valence-corrected chi connectivity index (χ2v) is 6.46. The zero-order valence-corrected chi connectivity index (χ0v) is 15.2. The largest absolute Gasteiger partial charge is 0.349 e. The fourth-order valence-electron chi connectivity index (χ4n) is 2.93. The zero-order valence-electron chi connectivity index (χ0n) is 15.2. The van der Waals surface area contributed by atoms with Crippen molar-refractivity contribution in [2.45, 2.75) is 19.4 Å². The van der Waals surface area contributed by atoms with Crippen LogP contribution in [0.2, 0.25) is 0 Å². The number of halogens is 1. The lowest BCUT2D eigenvalue weighted by atomic mass is 10.2. The smallest absolute Gasteiger partial charge is 0.257 e. The Morgan fingerprint density at radius 2 is 1.96 bits per heavy atom. The fraction of sp³-hybridized carbons (Fsp3) is 0.368. The molecule has 0 spiro atoms. The highest BCUT2D eigenvalue weighted by atomic mass is 19.1. The van der Waals surface area contributed by atoms with Gasteiger partial charge in [0.25, 0.3) is 5.91 Å². The predicted octanol–water partition coefficient (Wildman–Crippen LogP) is 1.60. The summed E-state index contributed by atoms with van der Waals surface area (Å²) in [4.78, 5) is 36.4. The molecule has 0 radical (unpaired) electrons. The summed E-state index contributed by atoms with van der Waals surface area (Å²) in [5.74, 6) is -0.818. The molecule has 27 heavy (non-hydrogen) atoms. The number of likely N-dealkylation sites (N-methyl/N-ethyl adjacent to an activating group) is 1. The topological polar surface area (TPSA) is 78.4 Å². The molecular weight excluding hydrogens is 349 g/mol. The summed E-state index contributed by atoms with van der Waals surface area (Å²) in [6, 6.07) is 7.45. The number of nitrogens with zero attached hydrogens (tertiary/aromatic N) is 4. The van der Waals surface area contributed by atoms with E-state index in [2.05, 4.69) is 20.2 Å². The number of benzene rings is 1. The van der Waals surface area contributed by atoms with E-state index >= 15 is 0 Å². The second-order valence-electron chi connectivity index (χ2n) is 6.46. The van der Waals surface area contributed by atoms with Crippen LogP contribution in [-0.4, -0.2) is 53.4 Å². The maximum atomic E-state index is 13.7. The number of hydrogen-bond donors (Lipinski definition) is 1. The highest BCUT2D eigenvalue weighted by Crippen LogP contribution is 2.15. The van der Waals surface area contributed by atoms with Crippen LogP contribution in [0.5, 0.6) is 0 Å². The van der Waals surface area contributed by atoms with E-state index in [0.29, 0.717) is 11.6 Å². The molecule has 8 heteroatoms. The van der Waals surface area contributed by atoms with Crippen molar-refractivity contribution in [3.05, 3.63) is 53.6 Å². The van der Waals surface area contributed by atoms with Crippen LogP contribution in [0, 0.1) is 5.82 Å². The predicted molar refractivity (Wildman–Crippen MR) is 98.7 cm³/mol. The van der Waals surface area contributed by atoms with Crippen molar-refractivity contribution >= 4 is 17.8 Å². The van der Waals surface area contributed by atoms with E-state index in [0.717, 1.165) is 25.9 Å². The third kappa shape index (κ3) is 4.78. The standard InChI is InChI=1S/C19H22FN5O2/c1-24(18(27)15-6-2-3-7-16(15)20)13-17(26)22-12-14-8-9-21-19(23-14)25-10-4-5-11-25/h2-3,6-9H,4-5,10-13H2,1H3,(H,22,26). The van der Waals surface area contributed by atoms with Gasteiger partial charge in [-0.15, -0.1) is 0 Å². The Hall–Kier alpha value is -3.03. The van der Waals surface area contributed by atoms with Crippen LogP contribution >= 0.6 is 0 Å². The minimum atomic E-state index is -0.606. The molecular formula is C19H22FN5O2. The van der Waals surface area contributed by atoms with Crippen molar-refractivity contribution in [1.82, 2.24) is 20.2 Å². The van der Waals surface area contributed by atoms with Crippen molar-refractivity contribution in [3.8, 4) is 0 Å². The van der Waals surface area contributed by atoms with Crippen molar-refractivity contribution in [2.24, 2.45) is 0 Å². The SMILES string of the molecule is CN(CC(=O)NCc1ccnc(N2CCCC2)n1)C(=O)c1ccccc1F. The number of carbonyl (C=O) groups excluding carboxylic acids is 2. The Balaban J connectivity index is 1.53. The first kappa shape index (κ1) is 18.8. The quantitative estimate of drug-likeness (QED) is 0.835. The minimum Gasteiger partial charge on any atom is -0.349 e. The molecule has 1 N–H and O–H groups in total. The van der Waals surface area contributed by atoms with Crippen LogP contribution in [0.25, 0.3) is 0 Å². The van der Waals surface area contributed by atoms with Gasteiger partial charge in [-0.2, -0.15) is 0 Å². The Kier molecular flexibility index (Phi) is 5.95. The van der Waals surface area contributed by atoms with Crippen LogP contribution in [0.3, 0.4) is 0 Å². The molecule has 142 valence electrons. The molecule has 2 aromatic rings. The molecule has 0 aliphatic carbocycles. The maximum absolute atomic E-state index is 13.7. The van der Waals surface area contributed by atoms with E-state index < -0.39 is 11.7 Å². The zero-order chi connectivity index (χ0) is 19.2. The molecule has 1 aromatic heterocycles. The molecule has 1 fully saturated rings. The fourth-order valence-corrected chi connectivity index (χ4v) is 2.93. The molecule has 3 rings (SSSR count). The maximum Gasteiger partial charge on any atom is 0.257 e. The van der Waals surface area contributed by atoms with Crippen molar-refractivity contribution in [1.29, 1.82) is 0 Å². The molecule has 0 atom stereocenters. The van der Waals surface area contributed by atoms with E-state index in [1.165, 1.54) is 30.1 Å². The molecule has 0 unspecified atom stereocenters. The van der Waals surface area contributed by atoms with E-state index in [-0.39, 0.29) is 24.6 Å². The number of anilines is 1. The molecule has 2 heterocycles. The van der Waals surface area contributed by atoms with Gasteiger partial charge in [-0.25, -0.2) is 14.4 Å². The van der Waals surface area contributed by atoms with Gasteiger partial charge in [0.05, 0.1) is 24.3 Å². The van der Waals surface area contributed by atoms with Crippen molar-refractivity contribution in [2.75, 3.05) is 31.6 Å². The van der Waals surface area contributed by atoms with Gasteiger partial charge in [-0.1, -0.05) is 12.1 Å². The number of carbonyl (C=O) groups is 2. The van der Waals surface area contributed by atoms with Gasteiger partial charge in [0.2, 0.25) is 11.9 Å². The molecule has 7 nitrogen and oxygen atoms in total. The van der Waals surface area contributed by atoms with Crippen LogP contribution in [0.1, 0.15) is 28.9 Å². The summed E-state index contributed by atoms with van der Waals surface area (Å²) in [6.07, 6.45) is 3.94. The number of amides is 2. The van der Waals surface area contributed by atoms with Gasteiger partial charge >= 0.3 is 0 Å². The average Bonchev–Trinajstić information content (AvgIpc) is 3.21. The molecule has 1 aliphatic heterocycles. The van der Waals surface area contributed by atoms with Crippen molar-refractivity contribution in [3.63, 3.8) is 0 Å². The number of rotatable bonds is 6. The van der Waals surface area contributed by atoms with Gasteiger partial charge in [0, 0.05) is 26.3 Å². The molecule has 1 saturated heterocycles. The summed E-state index contributed by atoms with van der Waals surface area (Å²) in [7, 11) is 1.46. The highest BCUT2D eigenvalue weighted by Gasteiger charge is 2.18. The van der Waals surface area contributed by atoms with Gasteiger partial charge < -0.3 is 15.1 Å². The van der Waals surface area contributed by atoms with Gasteiger partial charge in [0.15, 0.2) is 0 Å². The van der Waals surface area contributed by atoms with E-state index in [1.807, 2.05) is 0 Å². The van der Waals surface area contributed by atoms with Crippen LogP contribution in [0.15, 0.2) is 36.5 Å². The van der Waals surface area contributed by atoms with Gasteiger partial charge in [0.1, 0.15) is 5.82 Å². The minimum absolute atomic E-state index is 0.0566. The molecule has 0 saturated carbocycles. The number of hydrogen-bond acceptors (Lipinski definition) is 5. The second kappa shape index (κ2) is 8.57.